The number of benzene rings is 3. The molecule has 0 atom stereocenters. The van der Waals surface area contributed by atoms with Gasteiger partial charge in [-0.05, 0) is 53.1 Å². The maximum absolute atomic E-state index is 3.96. The van der Waals surface area contributed by atoms with Crippen molar-refractivity contribution in [1.29, 1.82) is 0 Å². The maximum atomic E-state index is 3.96. The Morgan fingerprint density at radius 2 is 1.12 bits per heavy atom. The van der Waals surface area contributed by atoms with Crippen LogP contribution in [-0.4, -0.2) is 14.1 Å². The van der Waals surface area contributed by atoms with Gasteiger partial charge >= 0.3 is 0 Å². The third-order valence-electron chi connectivity index (χ3n) is 4.54. The Morgan fingerprint density at radius 3 is 1.50 bits per heavy atom. The van der Waals surface area contributed by atoms with Crippen molar-refractivity contribution in [3.05, 3.63) is 102 Å². The van der Waals surface area contributed by atoms with E-state index >= 15 is 0 Å². The predicted octanol–water partition coefficient (Wildman–Crippen LogP) is 5.60. The molecule has 2 nitrogen and oxygen atoms in total. The standard InChI is InChI=1S/C24H26N2/c1-4-20-15-21(18-25(2)23-11-7-5-8-12-23)17-22(16-20)19-26(3)24-13-9-6-10-14-24/h4-17H,1,18-19H2,2-3H3. The Morgan fingerprint density at radius 1 is 0.692 bits per heavy atom. The molecule has 0 bridgehead atoms. The summed E-state index contributed by atoms with van der Waals surface area (Å²) in [5.74, 6) is 0. The summed E-state index contributed by atoms with van der Waals surface area (Å²) in [6.45, 7) is 5.70. The molecule has 3 rings (SSSR count). The summed E-state index contributed by atoms with van der Waals surface area (Å²) in [4.78, 5) is 4.54. The topological polar surface area (TPSA) is 6.48 Å². The molecule has 0 heterocycles. The number of rotatable bonds is 7. The first-order valence-electron chi connectivity index (χ1n) is 8.93. The van der Waals surface area contributed by atoms with Gasteiger partial charge in [0.2, 0.25) is 0 Å². The van der Waals surface area contributed by atoms with Crippen molar-refractivity contribution >= 4 is 17.5 Å². The molecule has 0 saturated carbocycles. The molecule has 26 heavy (non-hydrogen) atoms. The zero-order chi connectivity index (χ0) is 18.4. The van der Waals surface area contributed by atoms with Gasteiger partial charge in [0.1, 0.15) is 0 Å². The van der Waals surface area contributed by atoms with Crippen molar-refractivity contribution in [1.82, 2.24) is 0 Å². The zero-order valence-corrected chi connectivity index (χ0v) is 15.6. The molecule has 0 unspecified atom stereocenters. The van der Waals surface area contributed by atoms with Gasteiger partial charge in [0.05, 0.1) is 0 Å². The van der Waals surface area contributed by atoms with E-state index in [1.807, 2.05) is 18.2 Å². The predicted molar refractivity (Wildman–Crippen MR) is 114 cm³/mol. The maximum Gasteiger partial charge on any atom is 0.0426 e. The summed E-state index contributed by atoms with van der Waals surface area (Å²) < 4.78 is 0. The van der Waals surface area contributed by atoms with Crippen LogP contribution in [0.5, 0.6) is 0 Å². The van der Waals surface area contributed by atoms with E-state index in [2.05, 4.69) is 97.2 Å². The first kappa shape index (κ1) is 17.8. The average Bonchev–Trinajstić information content (AvgIpc) is 2.69. The minimum Gasteiger partial charge on any atom is -0.370 e. The molecule has 0 saturated heterocycles. The second-order valence-corrected chi connectivity index (χ2v) is 6.67. The fourth-order valence-corrected chi connectivity index (χ4v) is 3.19. The Balaban J connectivity index is 1.79. The van der Waals surface area contributed by atoms with E-state index in [0.717, 1.165) is 13.1 Å². The molecule has 132 valence electrons. The second kappa shape index (κ2) is 8.39. The van der Waals surface area contributed by atoms with Crippen LogP contribution in [0.4, 0.5) is 11.4 Å². The number of para-hydroxylation sites is 2. The van der Waals surface area contributed by atoms with Gasteiger partial charge in [-0.25, -0.2) is 0 Å². The summed E-state index contributed by atoms with van der Waals surface area (Å²) in [5.41, 5.74) is 6.20. The first-order chi connectivity index (χ1) is 12.7. The molecule has 0 amide bonds. The molecule has 0 radical (unpaired) electrons. The number of hydrogen-bond acceptors (Lipinski definition) is 2. The Kier molecular flexibility index (Phi) is 5.75. The fraction of sp³-hybridized carbons (Fsp3) is 0.167. The van der Waals surface area contributed by atoms with Crippen LogP contribution in [0.1, 0.15) is 16.7 Å². The first-order valence-corrected chi connectivity index (χ1v) is 8.93. The lowest BCUT2D eigenvalue weighted by atomic mass is 10.0. The van der Waals surface area contributed by atoms with Crippen LogP contribution in [0.15, 0.2) is 85.4 Å². The SMILES string of the molecule is C=Cc1cc(CN(C)c2ccccc2)cc(CN(C)c2ccccc2)c1. The summed E-state index contributed by atoms with van der Waals surface area (Å²) in [5, 5.41) is 0. The summed E-state index contributed by atoms with van der Waals surface area (Å²) in [7, 11) is 4.26. The van der Waals surface area contributed by atoms with Crippen LogP contribution in [0, 0.1) is 0 Å². The lowest BCUT2D eigenvalue weighted by molar-refractivity contribution is 0.897. The van der Waals surface area contributed by atoms with E-state index in [0.29, 0.717) is 0 Å². The van der Waals surface area contributed by atoms with Gasteiger partial charge in [-0.2, -0.15) is 0 Å². The molecule has 3 aromatic carbocycles. The van der Waals surface area contributed by atoms with Crippen molar-refractivity contribution in [2.24, 2.45) is 0 Å². The minimum atomic E-state index is 0.869. The van der Waals surface area contributed by atoms with Crippen molar-refractivity contribution in [2.45, 2.75) is 13.1 Å². The Labute approximate surface area is 157 Å². The highest BCUT2D eigenvalue weighted by molar-refractivity contribution is 5.53. The molecule has 2 heteroatoms. The highest BCUT2D eigenvalue weighted by Crippen LogP contribution is 2.20. The third-order valence-corrected chi connectivity index (χ3v) is 4.54. The van der Waals surface area contributed by atoms with Crippen LogP contribution in [0.3, 0.4) is 0 Å². The quantitative estimate of drug-likeness (QED) is 0.551. The molecule has 0 fully saturated rings. The van der Waals surface area contributed by atoms with Crippen LogP contribution in [0.25, 0.3) is 6.08 Å². The largest absolute Gasteiger partial charge is 0.370 e. The van der Waals surface area contributed by atoms with E-state index in [4.69, 9.17) is 0 Å². The van der Waals surface area contributed by atoms with E-state index < -0.39 is 0 Å². The Bertz CT molecular complexity index is 775. The van der Waals surface area contributed by atoms with E-state index in [1.54, 1.807) is 0 Å². The van der Waals surface area contributed by atoms with Crippen LogP contribution in [-0.2, 0) is 13.1 Å². The zero-order valence-electron chi connectivity index (χ0n) is 15.6. The van der Waals surface area contributed by atoms with E-state index in [1.165, 1.54) is 28.1 Å². The number of anilines is 2. The van der Waals surface area contributed by atoms with Crippen molar-refractivity contribution < 1.29 is 0 Å². The number of nitrogens with zero attached hydrogens (tertiary/aromatic N) is 2. The van der Waals surface area contributed by atoms with Gasteiger partial charge in [-0.15, -0.1) is 0 Å². The molecule has 0 aliphatic carbocycles. The molecular weight excluding hydrogens is 316 g/mol. The lowest BCUT2D eigenvalue weighted by Gasteiger charge is -2.22. The summed E-state index contributed by atoms with van der Waals surface area (Å²) >= 11 is 0. The average molecular weight is 342 g/mol. The van der Waals surface area contributed by atoms with Gasteiger partial charge in [0, 0.05) is 38.6 Å². The minimum absolute atomic E-state index is 0.869. The summed E-state index contributed by atoms with van der Waals surface area (Å²) in [6.07, 6.45) is 1.93. The van der Waals surface area contributed by atoms with Crippen LogP contribution < -0.4 is 9.80 Å². The molecule has 0 aromatic heterocycles. The smallest absolute Gasteiger partial charge is 0.0426 e. The van der Waals surface area contributed by atoms with Crippen molar-refractivity contribution in [3.8, 4) is 0 Å². The van der Waals surface area contributed by atoms with Gasteiger partial charge in [0.15, 0.2) is 0 Å². The van der Waals surface area contributed by atoms with Gasteiger partial charge in [-0.1, -0.05) is 55.1 Å². The molecule has 0 N–H and O–H groups in total. The van der Waals surface area contributed by atoms with Crippen molar-refractivity contribution in [2.75, 3.05) is 23.9 Å². The summed E-state index contributed by atoms with van der Waals surface area (Å²) in [6, 6.07) is 27.7. The monoisotopic (exact) mass is 342 g/mol. The van der Waals surface area contributed by atoms with Gasteiger partial charge in [0.25, 0.3) is 0 Å². The Hall–Kier alpha value is -3.00. The molecule has 3 aromatic rings. The lowest BCUT2D eigenvalue weighted by Crippen LogP contribution is -2.18. The molecule has 0 aliphatic heterocycles. The van der Waals surface area contributed by atoms with E-state index in [-0.39, 0.29) is 0 Å². The molecule has 0 aliphatic rings. The molecule has 0 spiro atoms. The second-order valence-electron chi connectivity index (χ2n) is 6.67. The van der Waals surface area contributed by atoms with E-state index in [9.17, 15) is 0 Å². The van der Waals surface area contributed by atoms with Gasteiger partial charge in [-0.3, -0.25) is 0 Å². The number of hydrogen-bond donors (Lipinski definition) is 0. The van der Waals surface area contributed by atoms with Gasteiger partial charge < -0.3 is 9.80 Å². The van der Waals surface area contributed by atoms with Crippen LogP contribution in [0.2, 0.25) is 0 Å². The highest BCUT2D eigenvalue weighted by Gasteiger charge is 2.07. The normalized spacial score (nSPS) is 10.4. The fourth-order valence-electron chi connectivity index (χ4n) is 3.19. The highest BCUT2D eigenvalue weighted by atomic mass is 15.1. The van der Waals surface area contributed by atoms with Crippen LogP contribution >= 0.6 is 0 Å². The third kappa shape index (κ3) is 4.54. The molecular formula is C24H26N2. The van der Waals surface area contributed by atoms with Crippen molar-refractivity contribution in [3.63, 3.8) is 0 Å².